The van der Waals surface area contributed by atoms with Gasteiger partial charge in [-0.05, 0) is 36.2 Å². The second-order valence-electron chi connectivity index (χ2n) is 4.27. The summed E-state index contributed by atoms with van der Waals surface area (Å²) in [6, 6.07) is 8.83. The molecule has 2 rings (SSSR count). The first kappa shape index (κ1) is 14.1. The number of benzene rings is 2. The minimum Gasteiger partial charge on any atom is -0.271 e. The number of hydrogen-bond acceptors (Lipinski definition) is 2. The minimum absolute atomic E-state index is 0.296. The van der Waals surface area contributed by atoms with Gasteiger partial charge in [-0.25, -0.2) is 14.2 Å². The van der Waals surface area contributed by atoms with Crippen molar-refractivity contribution in [3.05, 3.63) is 69.2 Å². The average molecular weight is 327 g/mol. The van der Waals surface area contributed by atoms with E-state index in [-0.39, 0.29) is 11.6 Å². The summed E-state index contributed by atoms with van der Waals surface area (Å²) in [6.07, 6.45) is 0. The monoisotopic (exact) mass is 326 g/mol. The Morgan fingerprint density at radius 3 is 2.42 bits per heavy atom. The molecule has 0 aliphatic rings. The second-order valence-corrected chi connectivity index (χ2v) is 5.19. The summed E-state index contributed by atoms with van der Waals surface area (Å²) >= 11 is 3.20. The normalized spacial score (nSPS) is 12.5. The fourth-order valence-corrected chi connectivity index (χ4v) is 2.28. The Kier molecular flexibility index (Phi) is 4.29. The molecule has 0 saturated heterocycles. The first-order valence-electron chi connectivity index (χ1n) is 5.70. The SMILES string of the molecule is Cc1cc(C(NN)c2ccc(Br)cc2F)ccc1F. The van der Waals surface area contributed by atoms with Crippen molar-refractivity contribution in [2.75, 3.05) is 0 Å². The van der Waals surface area contributed by atoms with Gasteiger partial charge in [-0.3, -0.25) is 5.84 Å². The first-order chi connectivity index (χ1) is 9.02. The standard InChI is InChI=1S/C14H13BrF2N2/c1-8-6-9(2-5-12(8)16)14(19-18)11-4-3-10(15)7-13(11)17/h2-7,14,19H,18H2,1H3. The predicted molar refractivity (Wildman–Crippen MR) is 74.4 cm³/mol. The van der Waals surface area contributed by atoms with E-state index in [0.29, 0.717) is 21.2 Å². The topological polar surface area (TPSA) is 38.0 Å². The molecule has 3 N–H and O–H groups in total. The average Bonchev–Trinajstić information content (AvgIpc) is 2.37. The molecule has 0 radical (unpaired) electrons. The summed E-state index contributed by atoms with van der Waals surface area (Å²) < 4.78 is 27.9. The molecule has 0 aromatic heterocycles. The van der Waals surface area contributed by atoms with Crippen LogP contribution in [0.3, 0.4) is 0 Å². The van der Waals surface area contributed by atoms with Crippen molar-refractivity contribution in [2.45, 2.75) is 13.0 Å². The zero-order valence-electron chi connectivity index (χ0n) is 10.3. The minimum atomic E-state index is -0.521. The van der Waals surface area contributed by atoms with Crippen LogP contribution in [0, 0.1) is 18.6 Å². The highest BCUT2D eigenvalue weighted by Gasteiger charge is 2.17. The molecule has 1 atom stereocenters. The van der Waals surface area contributed by atoms with Crippen LogP contribution in [0.1, 0.15) is 22.7 Å². The number of hydrogen-bond donors (Lipinski definition) is 2. The molecule has 0 aliphatic heterocycles. The number of nitrogens with one attached hydrogen (secondary N) is 1. The van der Waals surface area contributed by atoms with Gasteiger partial charge in [0.25, 0.3) is 0 Å². The molecule has 0 spiro atoms. The Morgan fingerprint density at radius 1 is 1.11 bits per heavy atom. The highest BCUT2D eigenvalue weighted by molar-refractivity contribution is 9.10. The van der Waals surface area contributed by atoms with Crippen LogP contribution in [0.15, 0.2) is 40.9 Å². The van der Waals surface area contributed by atoms with Crippen LogP contribution in [0.25, 0.3) is 0 Å². The molecule has 5 heteroatoms. The lowest BCUT2D eigenvalue weighted by molar-refractivity contribution is 0.557. The molecule has 2 nitrogen and oxygen atoms in total. The van der Waals surface area contributed by atoms with E-state index >= 15 is 0 Å². The summed E-state index contributed by atoms with van der Waals surface area (Å²) in [5.41, 5.74) is 4.18. The van der Waals surface area contributed by atoms with E-state index in [1.165, 1.54) is 12.1 Å². The van der Waals surface area contributed by atoms with Crippen molar-refractivity contribution in [3.8, 4) is 0 Å². The molecule has 2 aromatic carbocycles. The van der Waals surface area contributed by atoms with Gasteiger partial charge in [0.15, 0.2) is 0 Å². The molecule has 2 aromatic rings. The van der Waals surface area contributed by atoms with Gasteiger partial charge in [-0.1, -0.05) is 34.1 Å². The molecule has 1 unspecified atom stereocenters. The van der Waals surface area contributed by atoms with E-state index in [2.05, 4.69) is 21.4 Å². The van der Waals surface area contributed by atoms with Crippen LogP contribution in [0.5, 0.6) is 0 Å². The number of halogens is 3. The second kappa shape index (κ2) is 5.77. The molecule has 0 saturated carbocycles. The highest BCUT2D eigenvalue weighted by Crippen LogP contribution is 2.27. The maximum absolute atomic E-state index is 14.0. The van der Waals surface area contributed by atoms with Gasteiger partial charge in [0.2, 0.25) is 0 Å². The molecular formula is C14H13BrF2N2. The van der Waals surface area contributed by atoms with Gasteiger partial charge in [0.05, 0.1) is 6.04 Å². The Hall–Kier alpha value is -1.30. The Bertz CT molecular complexity index is 602. The van der Waals surface area contributed by atoms with Crippen LogP contribution < -0.4 is 11.3 Å². The number of nitrogens with two attached hydrogens (primary N) is 1. The van der Waals surface area contributed by atoms with E-state index < -0.39 is 6.04 Å². The fourth-order valence-electron chi connectivity index (χ4n) is 1.95. The summed E-state index contributed by atoms with van der Waals surface area (Å²) in [4.78, 5) is 0. The van der Waals surface area contributed by atoms with Gasteiger partial charge >= 0.3 is 0 Å². The Morgan fingerprint density at radius 2 is 1.84 bits per heavy atom. The molecule has 19 heavy (non-hydrogen) atoms. The summed E-state index contributed by atoms with van der Waals surface area (Å²) in [6.45, 7) is 1.66. The van der Waals surface area contributed by atoms with Crippen LogP contribution >= 0.6 is 15.9 Å². The van der Waals surface area contributed by atoms with E-state index in [1.807, 2.05) is 0 Å². The summed E-state index contributed by atoms with van der Waals surface area (Å²) in [5.74, 6) is 4.84. The molecular weight excluding hydrogens is 314 g/mol. The predicted octanol–water partition coefficient (Wildman–Crippen LogP) is 3.59. The maximum Gasteiger partial charge on any atom is 0.129 e. The van der Waals surface area contributed by atoms with E-state index in [4.69, 9.17) is 5.84 Å². The van der Waals surface area contributed by atoms with Crippen molar-refractivity contribution in [1.82, 2.24) is 5.43 Å². The smallest absolute Gasteiger partial charge is 0.129 e. The number of hydrazine groups is 1. The van der Waals surface area contributed by atoms with E-state index in [9.17, 15) is 8.78 Å². The quantitative estimate of drug-likeness (QED) is 0.668. The zero-order chi connectivity index (χ0) is 14.0. The van der Waals surface area contributed by atoms with Gasteiger partial charge < -0.3 is 0 Å². The molecule has 0 aliphatic carbocycles. The van der Waals surface area contributed by atoms with Crippen LogP contribution in [0.2, 0.25) is 0 Å². The lowest BCUT2D eigenvalue weighted by Crippen LogP contribution is -2.29. The third kappa shape index (κ3) is 3.00. The number of aryl methyl sites for hydroxylation is 1. The first-order valence-corrected chi connectivity index (χ1v) is 6.49. The lowest BCUT2D eigenvalue weighted by Gasteiger charge is -2.18. The zero-order valence-corrected chi connectivity index (χ0v) is 11.8. The largest absolute Gasteiger partial charge is 0.271 e. The highest BCUT2D eigenvalue weighted by atomic mass is 79.9. The molecule has 0 heterocycles. The van der Waals surface area contributed by atoms with Gasteiger partial charge in [-0.2, -0.15) is 0 Å². The maximum atomic E-state index is 14.0. The van der Waals surface area contributed by atoms with Crippen molar-refractivity contribution in [3.63, 3.8) is 0 Å². The van der Waals surface area contributed by atoms with Crippen molar-refractivity contribution in [1.29, 1.82) is 0 Å². The van der Waals surface area contributed by atoms with Crippen LogP contribution in [0.4, 0.5) is 8.78 Å². The summed E-state index contributed by atoms with van der Waals surface area (Å²) in [7, 11) is 0. The van der Waals surface area contributed by atoms with Crippen molar-refractivity contribution < 1.29 is 8.78 Å². The van der Waals surface area contributed by atoms with E-state index in [0.717, 1.165) is 0 Å². The third-order valence-corrected chi connectivity index (χ3v) is 3.45. The molecule has 0 amide bonds. The Labute approximate surface area is 118 Å². The molecule has 0 fully saturated rings. The molecule has 100 valence electrons. The van der Waals surface area contributed by atoms with Crippen LogP contribution in [-0.4, -0.2) is 0 Å². The van der Waals surface area contributed by atoms with Crippen molar-refractivity contribution >= 4 is 15.9 Å². The fraction of sp³-hybridized carbons (Fsp3) is 0.143. The Balaban J connectivity index is 2.46. The van der Waals surface area contributed by atoms with Gasteiger partial charge in [-0.15, -0.1) is 0 Å². The van der Waals surface area contributed by atoms with Crippen molar-refractivity contribution in [2.24, 2.45) is 5.84 Å². The number of rotatable bonds is 3. The van der Waals surface area contributed by atoms with Crippen LogP contribution in [-0.2, 0) is 0 Å². The lowest BCUT2D eigenvalue weighted by atomic mass is 9.97. The van der Waals surface area contributed by atoms with E-state index in [1.54, 1.807) is 31.2 Å². The summed E-state index contributed by atoms with van der Waals surface area (Å²) in [5, 5.41) is 0. The van der Waals surface area contributed by atoms with Gasteiger partial charge in [0.1, 0.15) is 11.6 Å². The molecule has 0 bridgehead atoms. The third-order valence-electron chi connectivity index (χ3n) is 2.96. The van der Waals surface area contributed by atoms with Gasteiger partial charge in [0, 0.05) is 10.0 Å².